The molecule has 1 rings (SSSR count). The van der Waals surface area contributed by atoms with E-state index in [0.29, 0.717) is 0 Å². The number of rotatable bonds is 2. The van der Waals surface area contributed by atoms with Crippen molar-refractivity contribution in [1.29, 1.82) is 0 Å². The maximum absolute atomic E-state index is 2.37. The van der Waals surface area contributed by atoms with Gasteiger partial charge in [0.2, 0.25) is 0 Å². The lowest BCUT2D eigenvalue weighted by atomic mass is 9.99. The van der Waals surface area contributed by atoms with Crippen molar-refractivity contribution >= 4 is 19.0 Å². The molecular weight excluding hydrogens is 152 g/mol. The quantitative estimate of drug-likeness (QED) is 0.556. The van der Waals surface area contributed by atoms with Gasteiger partial charge in [-0.05, 0) is 11.1 Å². The van der Waals surface area contributed by atoms with Crippen molar-refractivity contribution in [2.24, 2.45) is 0 Å². The van der Waals surface area contributed by atoms with Gasteiger partial charge in [-0.1, -0.05) is 38.8 Å². The Labute approximate surface area is 69.4 Å². The van der Waals surface area contributed by atoms with Crippen LogP contribution >= 0.6 is 0 Å². The van der Waals surface area contributed by atoms with Crippen LogP contribution in [0.25, 0.3) is 0 Å². The molecule has 0 amide bonds. The molecule has 0 bridgehead atoms. The van der Waals surface area contributed by atoms with E-state index in [-0.39, 0.29) is 0 Å². The molecule has 0 heterocycles. The fourth-order valence-electron chi connectivity index (χ4n) is 1.71. The zero-order valence-electron chi connectivity index (χ0n) is 6.98. The van der Waals surface area contributed by atoms with Crippen LogP contribution in [0.2, 0.25) is 24.2 Å². The third-order valence-corrected chi connectivity index (χ3v) is 5.17. The van der Waals surface area contributed by atoms with Crippen LogP contribution in [-0.4, -0.2) is 19.0 Å². The van der Waals surface area contributed by atoms with Gasteiger partial charge < -0.3 is 0 Å². The van der Waals surface area contributed by atoms with Gasteiger partial charge in [0.25, 0.3) is 0 Å². The molecule has 0 aliphatic heterocycles. The molecule has 1 aliphatic rings. The van der Waals surface area contributed by atoms with Crippen LogP contribution in [-0.2, 0) is 0 Å². The first kappa shape index (κ1) is 8.53. The lowest BCUT2D eigenvalue weighted by molar-refractivity contribution is 0.498. The van der Waals surface area contributed by atoms with Gasteiger partial charge in [-0.25, -0.2) is 0 Å². The molecule has 1 saturated carbocycles. The molecule has 56 valence electrons. The molecule has 0 spiro atoms. The molecular formula is C8H16Si2. The van der Waals surface area contributed by atoms with Crippen LogP contribution in [0, 0.1) is 0 Å². The highest BCUT2D eigenvalue weighted by molar-refractivity contribution is 6.38. The van der Waals surface area contributed by atoms with Crippen LogP contribution in [0.1, 0.15) is 25.7 Å². The summed E-state index contributed by atoms with van der Waals surface area (Å²) < 4.78 is 0. The first-order valence-electron chi connectivity index (χ1n) is 4.21. The highest BCUT2D eigenvalue weighted by Gasteiger charge is 2.19. The van der Waals surface area contributed by atoms with E-state index in [0.717, 1.165) is 11.1 Å². The zero-order valence-corrected chi connectivity index (χ0v) is 8.98. The van der Waals surface area contributed by atoms with Gasteiger partial charge in [0.05, 0.1) is 0 Å². The van der Waals surface area contributed by atoms with Gasteiger partial charge in [0.1, 0.15) is 0 Å². The third-order valence-electron chi connectivity index (χ3n) is 2.49. The largest absolute Gasteiger partial charge is 0.0731 e. The molecule has 10 heavy (non-hydrogen) atoms. The summed E-state index contributed by atoms with van der Waals surface area (Å²) in [7, 11) is 2.40. The predicted octanol–water partition coefficient (Wildman–Crippen LogP) is 2.64. The van der Waals surface area contributed by atoms with Gasteiger partial charge in [0.15, 0.2) is 0 Å². The summed E-state index contributed by atoms with van der Waals surface area (Å²) in [6.45, 7) is 4.73. The molecule has 2 heteroatoms. The van der Waals surface area contributed by atoms with Crippen molar-refractivity contribution in [1.82, 2.24) is 0 Å². The van der Waals surface area contributed by atoms with Crippen molar-refractivity contribution in [2.75, 3.05) is 0 Å². The van der Waals surface area contributed by atoms with Crippen molar-refractivity contribution in [3.8, 4) is 0 Å². The Morgan fingerprint density at radius 2 is 1.50 bits per heavy atom. The molecule has 0 aromatic heterocycles. The Hall–Kier alpha value is 0.434. The van der Waals surface area contributed by atoms with Crippen LogP contribution in [0.4, 0.5) is 0 Å². The van der Waals surface area contributed by atoms with E-state index in [1.165, 1.54) is 38.3 Å². The zero-order chi connectivity index (χ0) is 7.40. The maximum Gasteiger partial charge on any atom is 0.0378 e. The van der Waals surface area contributed by atoms with Crippen molar-refractivity contribution in [3.63, 3.8) is 0 Å². The SMILES string of the molecule is C[Si]C1CCCC([Si]C)C1. The first-order valence-corrected chi connectivity index (χ1v) is 7.37. The molecule has 0 saturated heterocycles. The predicted molar refractivity (Wildman–Crippen MR) is 49.2 cm³/mol. The van der Waals surface area contributed by atoms with Crippen molar-refractivity contribution in [3.05, 3.63) is 0 Å². The average molecular weight is 168 g/mol. The van der Waals surface area contributed by atoms with Crippen LogP contribution < -0.4 is 0 Å². The van der Waals surface area contributed by atoms with E-state index < -0.39 is 0 Å². The molecule has 0 nitrogen and oxygen atoms in total. The minimum atomic E-state index is 1.10. The lowest BCUT2D eigenvalue weighted by Gasteiger charge is -2.26. The Balaban J connectivity index is 2.25. The Bertz CT molecular complexity index is 83.3. The maximum atomic E-state index is 2.37. The van der Waals surface area contributed by atoms with Gasteiger partial charge in [0, 0.05) is 19.0 Å². The minimum Gasteiger partial charge on any atom is -0.0731 e. The standard InChI is InChI=1S/C8H16Si2/c1-9-7-4-3-5-8(6-7)10-2/h7-8H,3-6H2,1-2H3. The normalized spacial score (nSPS) is 34.2. The lowest BCUT2D eigenvalue weighted by Crippen LogP contribution is -2.13. The number of hydrogen-bond donors (Lipinski definition) is 0. The highest BCUT2D eigenvalue weighted by Crippen LogP contribution is 2.35. The van der Waals surface area contributed by atoms with Crippen LogP contribution in [0.15, 0.2) is 0 Å². The van der Waals surface area contributed by atoms with E-state index in [1.54, 1.807) is 6.42 Å². The molecule has 2 unspecified atom stereocenters. The first-order chi connectivity index (χ1) is 4.86. The van der Waals surface area contributed by atoms with Gasteiger partial charge in [-0.2, -0.15) is 0 Å². The minimum absolute atomic E-state index is 1.10. The van der Waals surface area contributed by atoms with E-state index >= 15 is 0 Å². The van der Waals surface area contributed by atoms with Gasteiger partial charge in [-0.15, -0.1) is 0 Å². The molecule has 0 aromatic carbocycles. The molecule has 0 N–H and O–H groups in total. The van der Waals surface area contributed by atoms with E-state index in [2.05, 4.69) is 13.1 Å². The summed E-state index contributed by atoms with van der Waals surface area (Å²) in [5.41, 5.74) is 2.21. The Morgan fingerprint density at radius 1 is 1.00 bits per heavy atom. The second-order valence-corrected chi connectivity index (χ2v) is 5.93. The molecule has 1 aliphatic carbocycles. The summed E-state index contributed by atoms with van der Waals surface area (Å²) in [5, 5.41) is 0. The smallest absolute Gasteiger partial charge is 0.0378 e. The molecule has 1 fully saturated rings. The fourth-order valence-corrected chi connectivity index (χ4v) is 3.98. The third kappa shape index (κ3) is 2.24. The van der Waals surface area contributed by atoms with Crippen molar-refractivity contribution in [2.45, 2.75) is 49.9 Å². The fraction of sp³-hybridized carbons (Fsp3) is 1.00. The van der Waals surface area contributed by atoms with E-state index in [1.807, 2.05) is 0 Å². The topological polar surface area (TPSA) is 0 Å². The molecule has 2 atom stereocenters. The van der Waals surface area contributed by atoms with Gasteiger partial charge in [-0.3, -0.25) is 0 Å². The van der Waals surface area contributed by atoms with Crippen molar-refractivity contribution < 1.29 is 0 Å². The Kier molecular flexibility index (Phi) is 3.70. The van der Waals surface area contributed by atoms with E-state index in [4.69, 9.17) is 0 Å². The second-order valence-electron chi connectivity index (χ2n) is 3.14. The average Bonchev–Trinajstić information content (AvgIpc) is 2.05. The monoisotopic (exact) mass is 168 g/mol. The summed E-state index contributed by atoms with van der Waals surface area (Å²) in [6, 6.07) is 0. The van der Waals surface area contributed by atoms with Gasteiger partial charge >= 0.3 is 0 Å². The second kappa shape index (κ2) is 4.34. The molecule has 0 aromatic rings. The van der Waals surface area contributed by atoms with E-state index in [9.17, 15) is 0 Å². The molecule has 4 radical (unpaired) electrons. The summed E-state index contributed by atoms with van der Waals surface area (Å²) >= 11 is 0. The summed E-state index contributed by atoms with van der Waals surface area (Å²) in [6.07, 6.45) is 6.10. The van der Waals surface area contributed by atoms with Crippen LogP contribution in [0.5, 0.6) is 0 Å². The highest BCUT2D eigenvalue weighted by atomic mass is 28.2. The summed E-state index contributed by atoms with van der Waals surface area (Å²) in [5.74, 6) is 0. The van der Waals surface area contributed by atoms with Crippen LogP contribution in [0.3, 0.4) is 0 Å². The summed E-state index contributed by atoms with van der Waals surface area (Å²) in [4.78, 5) is 0. The Morgan fingerprint density at radius 3 is 1.90 bits per heavy atom. The number of hydrogen-bond acceptors (Lipinski definition) is 0.